The third-order valence-corrected chi connectivity index (χ3v) is 8.44. The fourth-order valence-corrected chi connectivity index (χ4v) is 6.58. The first-order valence-corrected chi connectivity index (χ1v) is 14.5. The van der Waals surface area contributed by atoms with Crippen LogP contribution in [0.15, 0.2) is 48.8 Å². The number of aromatic nitrogens is 3. The highest BCUT2D eigenvalue weighted by Gasteiger charge is 2.36. The van der Waals surface area contributed by atoms with Crippen LogP contribution in [0, 0.1) is 0 Å². The van der Waals surface area contributed by atoms with E-state index in [0.29, 0.717) is 64.2 Å². The minimum Gasteiger partial charge on any atom is -0.496 e. The number of halogens is 2. The van der Waals surface area contributed by atoms with Crippen LogP contribution in [0.1, 0.15) is 45.8 Å². The van der Waals surface area contributed by atoms with Crippen LogP contribution >= 0.6 is 23.2 Å². The minimum atomic E-state index is -0.570. The third-order valence-electron chi connectivity index (χ3n) is 8.00. The Kier molecular flexibility index (Phi) is 7.43. The SMILES string of the molecule is COc1cc2c(cc1-c1cncc(C(N)=O)c1)-c1c(c(C(=O)N3[C@@H](C)CNC[C@@H]3C)nn1-c1cc(Cl)cc(Cl)c1)CC2. The molecule has 2 aromatic heterocycles. The molecule has 2 atom stereocenters. The number of fused-ring (bicyclic) bond motifs is 3. The number of methoxy groups -OCH3 is 1. The normalized spacial score (nSPS) is 17.9. The van der Waals surface area contributed by atoms with E-state index in [9.17, 15) is 9.59 Å². The smallest absolute Gasteiger partial charge is 0.275 e. The van der Waals surface area contributed by atoms with Crippen molar-refractivity contribution in [2.45, 2.75) is 38.8 Å². The number of hydrogen-bond donors (Lipinski definition) is 2. The van der Waals surface area contributed by atoms with Crippen LogP contribution in [-0.2, 0) is 12.8 Å². The van der Waals surface area contributed by atoms with Crippen molar-refractivity contribution in [1.82, 2.24) is 25.0 Å². The van der Waals surface area contributed by atoms with Crippen molar-refractivity contribution in [3.63, 3.8) is 0 Å². The highest BCUT2D eigenvalue weighted by molar-refractivity contribution is 6.34. The fourth-order valence-electron chi connectivity index (χ4n) is 6.06. The molecule has 6 rings (SSSR count). The van der Waals surface area contributed by atoms with Gasteiger partial charge in [-0.05, 0) is 68.7 Å². The summed E-state index contributed by atoms with van der Waals surface area (Å²) in [7, 11) is 1.61. The number of nitrogens with one attached hydrogen (secondary N) is 1. The number of aryl methyl sites for hydroxylation is 1. The lowest BCUT2D eigenvalue weighted by atomic mass is 9.86. The average Bonchev–Trinajstić information content (AvgIpc) is 3.36. The van der Waals surface area contributed by atoms with Crippen LogP contribution in [0.2, 0.25) is 10.0 Å². The zero-order valence-electron chi connectivity index (χ0n) is 23.4. The number of carbonyl (C=O) groups excluding carboxylic acids is 2. The molecule has 3 heterocycles. The Bertz CT molecular complexity index is 1710. The highest BCUT2D eigenvalue weighted by atomic mass is 35.5. The van der Waals surface area contributed by atoms with E-state index >= 15 is 0 Å². The van der Waals surface area contributed by atoms with E-state index in [4.69, 9.17) is 38.8 Å². The monoisotopic (exact) mass is 604 g/mol. The van der Waals surface area contributed by atoms with Gasteiger partial charge in [0, 0.05) is 69.9 Å². The second-order valence-electron chi connectivity index (χ2n) is 10.8. The Hall–Kier alpha value is -3.92. The molecule has 0 saturated carbocycles. The van der Waals surface area contributed by atoms with Crippen molar-refractivity contribution in [2.75, 3.05) is 20.2 Å². The molecule has 0 unspecified atom stereocenters. The topological polar surface area (TPSA) is 115 Å². The van der Waals surface area contributed by atoms with Gasteiger partial charge in [-0.2, -0.15) is 5.10 Å². The summed E-state index contributed by atoms with van der Waals surface area (Å²) >= 11 is 12.9. The zero-order valence-corrected chi connectivity index (χ0v) is 25.0. The highest BCUT2D eigenvalue weighted by Crippen LogP contribution is 2.43. The van der Waals surface area contributed by atoms with Gasteiger partial charge in [-0.25, -0.2) is 4.68 Å². The number of piperazine rings is 1. The van der Waals surface area contributed by atoms with Crippen molar-refractivity contribution in [3.05, 3.63) is 81.2 Å². The largest absolute Gasteiger partial charge is 0.496 e. The first-order chi connectivity index (χ1) is 20.2. The van der Waals surface area contributed by atoms with Crippen LogP contribution in [-0.4, -0.2) is 63.8 Å². The maximum atomic E-state index is 14.2. The Labute approximate surface area is 253 Å². The number of rotatable bonds is 5. The van der Waals surface area contributed by atoms with Gasteiger partial charge in [0.2, 0.25) is 5.91 Å². The summed E-state index contributed by atoms with van der Waals surface area (Å²) in [4.78, 5) is 32.2. The van der Waals surface area contributed by atoms with Gasteiger partial charge < -0.3 is 20.7 Å². The van der Waals surface area contributed by atoms with Gasteiger partial charge in [0.25, 0.3) is 5.91 Å². The predicted octanol–water partition coefficient (Wildman–Crippen LogP) is 4.94. The zero-order chi connectivity index (χ0) is 29.7. The van der Waals surface area contributed by atoms with E-state index < -0.39 is 5.91 Å². The number of carbonyl (C=O) groups is 2. The van der Waals surface area contributed by atoms with Crippen molar-refractivity contribution in [2.24, 2.45) is 5.73 Å². The molecule has 11 heteroatoms. The molecule has 42 heavy (non-hydrogen) atoms. The quantitative estimate of drug-likeness (QED) is 0.333. The number of nitrogens with zero attached hydrogens (tertiary/aromatic N) is 4. The van der Waals surface area contributed by atoms with Gasteiger partial charge in [0.15, 0.2) is 5.69 Å². The maximum Gasteiger partial charge on any atom is 0.275 e. The molecule has 1 aliphatic heterocycles. The Morgan fingerprint density at radius 3 is 2.36 bits per heavy atom. The molecular formula is C31H30Cl2N6O3. The number of benzene rings is 2. The lowest BCUT2D eigenvalue weighted by molar-refractivity contribution is 0.0536. The first-order valence-electron chi connectivity index (χ1n) is 13.7. The summed E-state index contributed by atoms with van der Waals surface area (Å²) in [5.41, 5.74) is 11.9. The molecular weight excluding hydrogens is 575 g/mol. The molecule has 3 N–H and O–H groups in total. The Balaban J connectivity index is 1.59. The Morgan fingerprint density at radius 1 is 0.976 bits per heavy atom. The molecule has 1 saturated heterocycles. The third kappa shape index (κ3) is 4.91. The van der Waals surface area contributed by atoms with Crippen LogP contribution in [0.25, 0.3) is 28.1 Å². The van der Waals surface area contributed by atoms with Crippen LogP contribution in [0.5, 0.6) is 5.75 Å². The second-order valence-corrected chi connectivity index (χ2v) is 11.7. The lowest BCUT2D eigenvalue weighted by Crippen LogP contribution is -2.57. The van der Waals surface area contributed by atoms with Crippen molar-refractivity contribution < 1.29 is 14.3 Å². The summed E-state index contributed by atoms with van der Waals surface area (Å²) in [6.07, 6.45) is 4.40. The molecule has 9 nitrogen and oxygen atoms in total. The van der Waals surface area contributed by atoms with Gasteiger partial charge in [-0.15, -0.1) is 0 Å². The number of hydrogen-bond acceptors (Lipinski definition) is 6. The summed E-state index contributed by atoms with van der Waals surface area (Å²) in [5, 5.41) is 9.26. The number of pyridine rings is 1. The van der Waals surface area contributed by atoms with Gasteiger partial charge in [0.05, 0.1) is 24.1 Å². The van der Waals surface area contributed by atoms with Crippen molar-refractivity contribution in [1.29, 1.82) is 0 Å². The summed E-state index contributed by atoms with van der Waals surface area (Å²) in [6, 6.07) is 10.9. The molecule has 2 amide bonds. The van der Waals surface area contributed by atoms with E-state index in [1.807, 2.05) is 30.9 Å². The van der Waals surface area contributed by atoms with Crippen LogP contribution in [0.4, 0.5) is 0 Å². The van der Waals surface area contributed by atoms with Crippen LogP contribution < -0.4 is 15.8 Å². The summed E-state index contributed by atoms with van der Waals surface area (Å²) in [5.74, 6) is -0.0357. The molecule has 216 valence electrons. The number of primary amides is 1. The van der Waals surface area contributed by atoms with Gasteiger partial charge >= 0.3 is 0 Å². The Morgan fingerprint density at radius 2 is 1.69 bits per heavy atom. The maximum absolute atomic E-state index is 14.2. The molecule has 0 radical (unpaired) electrons. The fraction of sp³-hybridized carbons (Fsp3) is 0.290. The van der Waals surface area contributed by atoms with Crippen molar-refractivity contribution >= 4 is 35.0 Å². The minimum absolute atomic E-state index is 0.0134. The summed E-state index contributed by atoms with van der Waals surface area (Å²) < 4.78 is 7.55. The average molecular weight is 606 g/mol. The van der Waals surface area contributed by atoms with Gasteiger partial charge in [0.1, 0.15) is 5.75 Å². The van der Waals surface area contributed by atoms with E-state index in [-0.39, 0.29) is 18.0 Å². The molecule has 1 fully saturated rings. The van der Waals surface area contributed by atoms with Gasteiger partial charge in [-0.1, -0.05) is 23.2 Å². The number of amides is 2. The molecule has 0 bridgehead atoms. The van der Waals surface area contributed by atoms with Crippen LogP contribution in [0.3, 0.4) is 0 Å². The number of ether oxygens (including phenoxy) is 1. The molecule has 0 spiro atoms. The summed E-state index contributed by atoms with van der Waals surface area (Å²) in [6.45, 7) is 5.52. The second kappa shape index (κ2) is 11.1. The lowest BCUT2D eigenvalue weighted by Gasteiger charge is -2.39. The van der Waals surface area contributed by atoms with E-state index in [0.717, 1.165) is 27.9 Å². The molecule has 2 aliphatic rings. The van der Waals surface area contributed by atoms with Gasteiger partial charge in [-0.3, -0.25) is 14.6 Å². The van der Waals surface area contributed by atoms with Crippen molar-refractivity contribution in [3.8, 4) is 33.8 Å². The molecule has 2 aromatic carbocycles. The number of nitrogens with two attached hydrogens (primary N) is 1. The molecule has 4 aromatic rings. The molecule has 1 aliphatic carbocycles. The standard InChI is InChI=1S/C31H30Cl2N6O3/c1-16-12-35-13-17(2)38(16)31(41)28-24-5-4-18-7-27(42-3)25(19-6-20(30(34)40)15-36-14-19)11-26(18)29(24)39(37-28)23-9-21(32)8-22(33)10-23/h6-11,14-17,35H,4-5,12-13H2,1-3H3,(H2,34,40)/t16-,17-/m0/s1. The predicted molar refractivity (Wildman–Crippen MR) is 163 cm³/mol. The first kappa shape index (κ1) is 28.2. The van der Waals surface area contributed by atoms with E-state index in [1.165, 1.54) is 6.20 Å². The van der Waals surface area contributed by atoms with E-state index in [2.05, 4.69) is 10.3 Å². The van der Waals surface area contributed by atoms with E-state index in [1.54, 1.807) is 42.3 Å².